The Bertz CT molecular complexity index is 590. The molecule has 19 heavy (non-hydrogen) atoms. The van der Waals surface area contributed by atoms with Gasteiger partial charge in [-0.05, 0) is 53.5 Å². The average Bonchev–Trinajstić information content (AvgIpc) is 2.36. The normalized spacial score (nSPS) is 10.3. The van der Waals surface area contributed by atoms with Crippen LogP contribution in [0, 0.1) is 12.7 Å². The maximum absolute atomic E-state index is 13.7. The first-order valence-corrected chi connectivity index (χ1v) is 6.71. The van der Waals surface area contributed by atoms with Crippen molar-refractivity contribution >= 4 is 27.4 Å². The van der Waals surface area contributed by atoms with Gasteiger partial charge in [0.05, 0.1) is 6.61 Å². The van der Waals surface area contributed by atoms with Crippen LogP contribution in [0.25, 0.3) is 0 Å². The van der Waals surface area contributed by atoms with Crippen LogP contribution in [0.1, 0.15) is 12.5 Å². The quantitative estimate of drug-likeness (QED) is 0.903. The van der Waals surface area contributed by atoms with Gasteiger partial charge in [0.1, 0.15) is 5.82 Å². The van der Waals surface area contributed by atoms with Crippen LogP contribution in [0.2, 0.25) is 0 Å². The molecule has 1 aromatic carbocycles. The molecule has 1 heterocycles. The number of pyridine rings is 1. The zero-order chi connectivity index (χ0) is 13.8. The fourth-order valence-corrected chi connectivity index (χ4v) is 2.10. The van der Waals surface area contributed by atoms with Crippen LogP contribution >= 0.6 is 15.9 Å². The third kappa shape index (κ3) is 3.44. The van der Waals surface area contributed by atoms with E-state index in [1.54, 1.807) is 18.3 Å². The molecule has 100 valence electrons. The first-order chi connectivity index (χ1) is 9.10. The molecule has 0 aliphatic heterocycles. The monoisotopic (exact) mass is 324 g/mol. The predicted octanol–water partition coefficient (Wildman–Crippen LogP) is 4.43. The minimum Gasteiger partial charge on any atom is -0.491 e. The zero-order valence-corrected chi connectivity index (χ0v) is 12.3. The number of nitrogens with one attached hydrogen (secondary N) is 1. The number of aryl methyl sites for hydroxylation is 1. The molecule has 3 nitrogen and oxygen atoms in total. The molecule has 1 aromatic heterocycles. The summed E-state index contributed by atoms with van der Waals surface area (Å²) >= 11 is 3.35. The molecule has 0 unspecified atom stereocenters. The van der Waals surface area contributed by atoms with Gasteiger partial charge in [-0.1, -0.05) is 0 Å². The largest absolute Gasteiger partial charge is 0.491 e. The minimum atomic E-state index is -0.387. The van der Waals surface area contributed by atoms with E-state index >= 15 is 0 Å². The van der Waals surface area contributed by atoms with Crippen molar-refractivity contribution in [3.05, 3.63) is 46.3 Å². The van der Waals surface area contributed by atoms with Crippen molar-refractivity contribution in [2.75, 3.05) is 11.9 Å². The molecule has 5 heteroatoms. The maximum atomic E-state index is 13.7. The topological polar surface area (TPSA) is 34.1 Å². The van der Waals surface area contributed by atoms with Gasteiger partial charge in [-0.2, -0.15) is 0 Å². The van der Waals surface area contributed by atoms with Crippen molar-refractivity contribution in [1.82, 2.24) is 4.98 Å². The third-order valence-electron chi connectivity index (χ3n) is 2.54. The summed E-state index contributed by atoms with van der Waals surface area (Å²) in [5, 5.41) is 3.08. The lowest BCUT2D eigenvalue weighted by atomic mass is 10.2. The van der Waals surface area contributed by atoms with E-state index in [4.69, 9.17) is 4.74 Å². The fraction of sp³-hybridized carbons (Fsp3) is 0.214. The van der Waals surface area contributed by atoms with E-state index in [-0.39, 0.29) is 11.6 Å². The number of aromatic nitrogens is 1. The van der Waals surface area contributed by atoms with Crippen molar-refractivity contribution in [2.24, 2.45) is 0 Å². The van der Waals surface area contributed by atoms with Crippen LogP contribution < -0.4 is 10.1 Å². The Balaban J connectivity index is 2.21. The van der Waals surface area contributed by atoms with E-state index in [9.17, 15) is 4.39 Å². The maximum Gasteiger partial charge on any atom is 0.167 e. The van der Waals surface area contributed by atoms with Crippen LogP contribution in [0.3, 0.4) is 0 Å². The summed E-state index contributed by atoms with van der Waals surface area (Å²) in [5.74, 6) is 0.571. The lowest BCUT2D eigenvalue weighted by Crippen LogP contribution is -1.99. The van der Waals surface area contributed by atoms with Crippen molar-refractivity contribution < 1.29 is 9.13 Å². The Morgan fingerprint density at radius 1 is 1.37 bits per heavy atom. The molecule has 1 N–H and O–H groups in total. The van der Waals surface area contributed by atoms with Gasteiger partial charge in [-0.3, -0.25) is 0 Å². The first kappa shape index (κ1) is 13.8. The van der Waals surface area contributed by atoms with Crippen molar-refractivity contribution in [1.29, 1.82) is 0 Å². The molecule has 2 aromatic rings. The molecule has 0 atom stereocenters. The summed E-state index contributed by atoms with van der Waals surface area (Å²) in [5.41, 5.74) is 1.61. The SMILES string of the molecule is CCOc1ccc(Nc2ncc(Br)cc2C)cc1F. The van der Waals surface area contributed by atoms with Crippen molar-refractivity contribution in [3.8, 4) is 5.75 Å². The number of halogens is 2. The van der Waals surface area contributed by atoms with Gasteiger partial charge in [-0.15, -0.1) is 0 Å². The van der Waals surface area contributed by atoms with Crippen molar-refractivity contribution in [2.45, 2.75) is 13.8 Å². The molecule has 0 aliphatic rings. The number of hydrogen-bond acceptors (Lipinski definition) is 3. The summed E-state index contributed by atoms with van der Waals surface area (Å²) in [7, 11) is 0. The second-order valence-corrected chi connectivity index (χ2v) is 4.94. The van der Waals surface area contributed by atoms with E-state index < -0.39 is 0 Å². The van der Waals surface area contributed by atoms with Gasteiger partial charge in [-0.25, -0.2) is 9.37 Å². The minimum absolute atomic E-state index is 0.258. The summed E-state index contributed by atoms with van der Waals surface area (Å²) in [4.78, 5) is 4.25. The van der Waals surface area contributed by atoms with E-state index in [0.29, 0.717) is 18.1 Å². The van der Waals surface area contributed by atoms with Crippen LogP contribution in [0.4, 0.5) is 15.9 Å². The van der Waals surface area contributed by atoms with E-state index in [1.807, 2.05) is 19.9 Å². The molecule has 2 rings (SSSR count). The van der Waals surface area contributed by atoms with E-state index in [1.165, 1.54) is 6.07 Å². The molecule has 0 bridgehead atoms. The lowest BCUT2D eigenvalue weighted by molar-refractivity contribution is 0.321. The summed E-state index contributed by atoms with van der Waals surface area (Å²) in [6, 6.07) is 6.71. The number of rotatable bonds is 4. The van der Waals surface area contributed by atoms with E-state index in [0.717, 1.165) is 10.0 Å². The smallest absolute Gasteiger partial charge is 0.167 e. The zero-order valence-electron chi connectivity index (χ0n) is 10.7. The van der Waals surface area contributed by atoms with Crippen LogP contribution in [-0.2, 0) is 0 Å². The summed E-state index contributed by atoms with van der Waals surface area (Å²) < 4.78 is 19.8. The number of ether oxygens (including phenoxy) is 1. The third-order valence-corrected chi connectivity index (χ3v) is 2.97. The number of hydrogen-bond donors (Lipinski definition) is 1. The van der Waals surface area contributed by atoms with E-state index in [2.05, 4.69) is 26.2 Å². The number of anilines is 2. The molecule has 0 amide bonds. The summed E-state index contributed by atoms with van der Waals surface area (Å²) in [6.45, 7) is 4.20. The lowest BCUT2D eigenvalue weighted by Gasteiger charge is -2.10. The van der Waals surface area contributed by atoms with Crippen molar-refractivity contribution in [3.63, 3.8) is 0 Å². The summed E-state index contributed by atoms with van der Waals surface area (Å²) in [6.07, 6.45) is 1.69. The fourth-order valence-electron chi connectivity index (χ4n) is 1.66. The Kier molecular flexibility index (Phi) is 4.37. The van der Waals surface area contributed by atoms with Gasteiger partial charge in [0.15, 0.2) is 11.6 Å². The predicted molar refractivity (Wildman–Crippen MR) is 77.5 cm³/mol. The highest BCUT2D eigenvalue weighted by Crippen LogP contribution is 2.25. The molecular formula is C14H14BrFN2O. The van der Waals surface area contributed by atoms with Gasteiger partial charge >= 0.3 is 0 Å². The molecular weight excluding hydrogens is 311 g/mol. The Labute approximate surface area is 119 Å². The molecule has 0 fully saturated rings. The Morgan fingerprint density at radius 3 is 2.79 bits per heavy atom. The second-order valence-electron chi connectivity index (χ2n) is 4.02. The Hall–Kier alpha value is -1.62. The number of nitrogens with zero attached hydrogens (tertiary/aromatic N) is 1. The molecule has 0 saturated heterocycles. The first-order valence-electron chi connectivity index (χ1n) is 5.91. The van der Waals surface area contributed by atoms with Gasteiger partial charge in [0, 0.05) is 22.4 Å². The second kappa shape index (κ2) is 6.02. The average molecular weight is 325 g/mol. The molecule has 0 aliphatic carbocycles. The van der Waals surface area contributed by atoms with Gasteiger partial charge < -0.3 is 10.1 Å². The van der Waals surface area contributed by atoms with Crippen LogP contribution in [-0.4, -0.2) is 11.6 Å². The molecule has 0 saturated carbocycles. The van der Waals surface area contributed by atoms with Gasteiger partial charge in [0.2, 0.25) is 0 Å². The standard InChI is InChI=1S/C14H14BrFN2O/c1-3-19-13-5-4-11(7-12(13)16)18-14-9(2)6-10(15)8-17-14/h4-8H,3H2,1-2H3,(H,17,18). The highest BCUT2D eigenvalue weighted by atomic mass is 79.9. The van der Waals surface area contributed by atoms with Crippen LogP contribution in [0.15, 0.2) is 34.9 Å². The Morgan fingerprint density at radius 2 is 2.16 bits per heavy atom. The molecule has 0 spiro atoms. The molecule has 0 radical (unpaired) electrons. The highest BCUT2D eigenvalue weighted by molar-refractivity contribution is 9.10. The number of benzene rings is 1. The van der Waals surface area contributed by atoms with Gasteiger partial charge in [0.25, 0.3) is 0 Å². The highest BCUT2D eigenvalue weighted by Gasteiger charge is 2.06. The van der Waals surface area contributed by atoms with Crippen LogP contribution in [0.5, 0.6) is 5.75 Å².